The first-order valence-corrected chi connectivity index (χ1v) is 7.77. The van der Waals surface area contributed by atoms with Crippen LogP contribution in [0.2, 0.25) is 0 Å². The lowest BCUT2D eigenvalue weighted by Gasteiger charge is -2.15. The monoisotopic (exact) mass is 305 g/mol. The summed E-state index contributed by atoms with van der Waals surface area (Å²) in [5, 5.41) is 8.14. The topological polar surface area (TPSA) is 70.2 Å². The SMILES string of the molecule is Cc1cccc(NC(=O)NCC(=O)NC(C)CCC(C)C)c1. The number of aryl methyl sites for hydroxylation is 1. The average molecular weight is 305 g/mol. The van der Waals surface area contributed by atoms with Gasteiger partial charge in [0.1, 0.15) is 0 Å². The predicted molar refractivity (Wildman–Crippen MR) is 89.9 cm³/mol. The molecule has 0 saturated carbocycles. The minimum absolute atomic E-state index is 0.0241. The zero-order valence-corrected chi connectivity index (χ0v) is 13.9. The van der Waals surface area contributed by atoms with Gasteiger partial charge in [-0.3, -0.25) is 4.79 Å². The number of anilines is 1. The number of hydrogen-bond donors (Lipinski definition) is 3. The number of nitrogens with one attached hydrogen (secondary N) is 3. The molecule has 3 N–H and O–H groups in total. The summed E-state index contributed by atoms with van der Waals surface area (Å²) in [7, 11) is 0. The molecular formula is C17H27N3O2. The Labute approximate surface area is 132 Å². The fraction of sp³-hybridized carbons (Fsp3) is 0.529. The molecule has 0 bridgehead atoms. The maximum Gasteiger partial charge on any atom is 0.319 e. The maximum atomic E-state index is 11.8. The Kier molecular flexibility index (Phi) is 7.43. The van der Waals surface area contributed by atoms with Crippen LogP contribution in [0.25, 0.3) is 0 Å². The van der Waals surface area contributed by atoms with Gasteiger partial charge in [0.15, 0.2) is 0 Å². The molecule has 5 heteroatoms. The van der Waals surface area contributed by atoms with E-state index in [4.69, 9.17) is 0 Å². The van der Waals surface area contributed by atoms with Crippen LogP contribution in [-0.2, 0) is 4.79 Å². The minimum atomic E-state index is -0.379. The van der Waals surface area contributed by atoms with Crippen LogP contribution in [0.5, 0.6) is 0 Å². The molecule has 0 aromatic heterocycles. The number of benzene rings is 1. The molecule has 1 unspecified atom stereocenters. The second kappa shape index (κ2) is 9.07. The van der Waals surface area contributed by atoms with Crippen LogP contribution >= 0.6 is 0 Å². The van der Waals surface area contributed by atoms with Gasteiger partial charge in [0.05, 0.1) is 6.54 Å². The molecule has 1 aromatic carbocycles. The third kappa shape index (κ3) is 7.67. The Balaban J connectivity index is 2.27. The van der Waals surface area contributed by atoms with Crippen molar-refractivity contribution in [2.45, 2.75) is 46.6 Å². The van der Waals surface area contributed by atoms with Crippen molar-refractivity contribution in [3.05, 3.63) is 29.8 Å². The molecule has 0 heterocycles. The highest BCUT2D eigenvalue weighted by Crippen LogP contribution is 2.09. The van der Waals surface area contributed by atoms with Gasteiger partial charge in [0, 0.05) is 11.7 Å². The van der Waals surface area contributed by atoms with Gasteiger partial charge in [-0.2, -0.15) is 0 Å². The highest BCUT2D eigenvalue weighted by atomic mass is 16.2. The molecule has 1 atom stereocenters. The lowest BCUT2D eigenvalue weighted by atomic mass is 10.0. The van der Waals surface area contributed by atoms with Gasteiger partial charge < -0.3 is 16.0 Å². The highest BCUT2D eigenvalue weighted by Gasteiger charge is 2.09. The van der Waals surface area contributed by atoms with Crippen molar-refractivity contribution in [1.82, 2.24) is 10.6 Å². The van der Waals surface area contributed by atoms with Gasteiger partial charge in [-0.05, 0) is 50.3 Å². The minimum Gasteiger partial charge on any atom is -0.352 e. The van der Waals surface area contributed by atoms with E-state index in [1.165, 1.54) is 0 Å². The molecule has 5 nitrogen and oxygen atoms in total. The maximum absolute atomic E-state index is 11.8. The smallest absolute Gasteiger partial charge is 0.319 e. The summed E-state index contributed by atoms with van der Waals surface area (Å²) < 4.78 is 0. The second-order valence-corrected chi connectivity index (χ2v) is 6.12. The third-order valence-electron chi connectivity index (χ3n) is 3.27. The van der Waals surface area contributed by atoms with Crippen LogP contribution in [-0.4, -0.2) is 24.5 Å². The molecule has 0 aliphatic rings. The molecule has 0 saturated heterocycles. The van der Waals surface area contributed by atoms with E-state index in [0.717, 1.165) is 18.4 Å². The van der Waals surface area contributed by atoms with E-state index >= 15 is 0 Å². The second-order valence-electron chi connectivity index (χ2n) is 6.12. The molecule has 1 rings (SSSR count). The van der Waals surface area contributed by atoms with Gasteiger partial charge >= 0.3 is 6.03 Å². The first kappa shape index (κ1) is 18.0. The number of carbonyl (C=O) groups is 2. The summed E-state index contributed by atoms with van der Waals surface area (Å²) in [6.45, 7) is 8.23. The quantitative estimate of drug-likeness (QED) is 0.724. The van der Waals surface area contributed by atoms with Gasteiger partial charge in [-0.15, -0.1) is 0 Å². The van der Waals surface area contributed by atoms with Gasteiger partial charge in [0.25, 0.3) is 0 Å². The first-order valence-electron chi connectivity index (χ1n) is 7.77. The summed E-state index contributed by atoms with van der Waals surface area (Å²) in [4.78, 5) is 23.5. The van der Waals surface area contributed by atoms with E-state index in [-0.39, 0.29) is 24.5 Å². The van der Waals surface area contributed by atoms with Crippen LogP contribution < -0.4 is 16.0 Å². The number of amides is 3. The molecule has 0 radical (unpaired) electrons. The van der Waals surface area contributed by atoms with Crippen LogP contribution in [0, 0.1) is 12.8 Å². The van der Waals surface area contributed by atoms with Crippen molar-refractivity contribution in [2.75, 3.05) is 11.9 Å². The normalized spacial score (nSPS) is 11.9. The molecular weight excluding hydrogens is 278 g/mol. The molecule has 0 fully saturated rings. The average Bonchev–Trinajstić information content (AvgIpc) is 2.43. The van der Waals surface area contributed by atoms with Crippen molar-refractivity contribution >= 4 is 17.6 Å². The Bertz CT molecular complexity index is 500. The Morgan fingerprint density at radius 3 is 2.50 bits per heavy atom. The Morgan fingerprint density at radius 1 is 1.14 bits per heavy atom. The number of hydrogen-bond acceptors (Lipinski definition) is 2. The summed E-state index contributed by atoms with van der Waals surface area (Å²) in [6.07, 6.45) is 2.02. The molecule has 0 spiro atoms. The van der Waals surface area contributed by atoms with Crippen LogP contribution in [0.4, 0.5) is 10.5 Å². The molecule has 1 aromatic rings. The van der Waals surface area contributed by atoms with E-state index in [0.29, 0.717) is 11.6 Å². The molecule has 122 valence electrons. The van der Waals surface area contributed by atoms with Crippen molar-refractivity contribution < 1.29 is 9.59 Å². The first-order chi connectivity index (χ1) is 10.4. The van der Waals surface area contributed by atoms with Crippen molar-refractivity contribution in [1.29, 1.82) is 0 Å². The van der Waals surface area contributed by atoms with E-state index < -0.39 is 0 Å². The molecule has 22 heavy (non-hydrogen) atoms. The van der Waals surface area contributed by atoms with Gasteiger partial charge in [-0.25, -0.2) is 4.79 Å². The zero-order valence-electron chi connectivity index (χ0n) is 13.9. The lowest BCUT2D eigenvalue weighted by Crippen LogP contribution is -2.42. The van der Waals surface area contributed by atoms with Gasteiger partial charge in [0.2, 0.25) is 5.91 Å². The van der Waals surface area contributed by atoms with Crippen LogP contribution in [0.1, 0.15) is 39.2 Å². The fourth-order valence-electron chi connectivity index (χ4n) is 2.04. The summed E-state index contributed by atoms with van der Waals surface area (Å²) in [6, 6.07) is 7.24. The number of carbonyl (C=O) groups excluding carboxylic acids is 2. The molecule has 3 amide bonds. The van der Waals surface area contributed by atoms with Crippen LogP contribution in [0.15, 0.2) is 24.3 Å². The van der Waals surface area contributed by atoms with Crippen molar-refractivity contribution in [3.63, 3.8) is 0 Å². The summed E-state index contributed by atoms with van der Waals surface area (Å²) >= 11 is 0. The van der Waals surface area contributed by atoms with E-state index in [9.17, 15) is 9.59 Å². The lowest BCUT2D eigenvalue weighted by molar-refractivity contribution is -0.120. The summed E-state index contributed by atoms with van der Waals surface area (Å²) in [5.41, 5.74) is 1.78. The van der Waals surface area contributed by atoms with Crippen molar-refractivity contribution in [3.8, 4) is 0 Å². The Hall–Kier alpha value is -2.04. The van der Waals surface area contributed by atoms with E-state index in [2.05, 4.69) is 29.8 Å². The number of urea groups is 1. The van der Waals surface area contributed by atoms with E-state index in [1.807, 2.05) is 32.0 Å². The Morgan fingerprint density at radius 2 is 1.86 bits per heavy atom. The largest absolute Gasteiger partial charge is 0.352 e. The standard InChI is InChI=1S/C17H27N3O2/c1-12(2)8-9-14(4)19-16(21)11-18-17(22)20-15-7-5-6-13(3)10-15/h5-7,10,12,14H,8-9,11H2,1-4H3,(H,19,21)(H2,18,20,22). The van der Waals surface area contributed by atoms with Gasteiger partial charge in [-0.1, -0.05) is 26.0 Å². The third-order valence-corrected chi connectivity index (χ3v) is 3.27. The van der Waals surface area contributed by atoms with Crippen molar-refractivity contribution in [2.24, 2.45) is 5.92 Å². The zero-order chi connectivity index (χ0) is 16.5. The van der Waals surface area contributed by atoms with Crippen LogP contribution in [0.3, 0.4) is 0 Å². The predicted octanol–water partition coefficient (Wildman–Crippen LogP) is 3.06. The summed E-state index contributed by atoms with van der Waals surface area (Å²) in [5.74, 6) is 0.452. The highest BCUT2D eigenvalue weighted by molar-refractivity contribution is 5.92. The molecule has 0 aliphatic carbocycles. The molecule has 0 aliphatic heterocycles. The fourth-order valence-corrected chi connectivity index (χ4v) is 2.04. The number of rotatable bonds is 7. The van der Waals surface area contributed by atoms with E-state index in [1.54, 1.807) is 6.07 Å².